The Kier molecular flexibility index (Phi) is 7.79. The quantitative estimate of drug-likeness (QED) is 0.318. The van der Waals surface area contributed by atoms with Crippen LogP contribution in [0.4, 0.5) is 5.69 Å². The number of hydrogen-bond donors (Lipinski definition) is 0. The first-order chi connectivity index (χ1) is 15.7. The highest BCUT2D eigenvalue weighted by Gasteiger charge is 2.22. The Labute approximate surface area is 217 Å². The maximum absolute atomic E-state index is 12.9. The zero-order chi connectivity index (χ0) is 23.7. The van der Waals surface area contributed by atoms with Crippen LogP contribution in [0, 0.1) is 6.92 Å². The molecule has 0 aliphatic carbocycles. The van der Waals surface area contributed by atoms with Gasteiger partial charge in [0.15, 0.2) is 5.78 Å². The Hall–Kier alpha value is -1.47. The van der Waals surface area contributed by atoms with E-state index in [2.05, 4.69) is 14.9 Å². The van der Waals surface area contributed by atoms with Gasteiger partial charge < -0.3 is 4.90 Å². The lowest BCUT2D eigenvalue weighted by molar-refractivity contribution is 0.0962. The second kappa shape index (κ2) is 10.4. The van der Waals surface area contributed by atoms with E-state index in [0.717, 1.165) is 31.9 Å². The fourth-order valence-corrected chi connectivity index (χ4v) is 5.48. The summed E-state index contributed by atoms with van der Waals surface area (Å²) in [7, 11) is 0. The lowest BCUT2D eigenvalue weighted by Gasteiger charge is -2.36. The van der Waals surface area contributed by atoms with E-state index in [-0.39, 0.29) is 5.78 Å². The van der Waals surface area contributed by atoms with Crippen LogP contribution in [-0.2, 0) is 0 Å². The lowest BCUT2D eigenvalue weighted by Crippen LogP contribution is -2.46. The molecule has 2 aromatic carbocycles. The molecule has 33 heavy (non-hydrogen) atoms. The molecule has 5 nitrogen and oxygen atoms in total. The molecule has 0 spiro atoms. The number of aromatic nitrogens is 2. The minimum absolute atomic E-state index is 0.0315. The minimum atomic E-state index is 0.0315. The number of halogens is 5. The van der Waals surface area contributed by atoms with E-state index in [1.165, 1.54) is 0 Å². The van der Waals surface area contributed by atoms with Crippen LogP contribution in [0.25, 0.3) is 5.69 Å². The molecule has 0 atom stereocenters. The smallest absolute Gasteiger partial charge is 0.167 e. The highest BCUT2D eigenvalue weighted by Crippen LogP contribution is 2.33. The van der Waals surface area contributed by atoms with Gasteiger partial charge in [0.1, 0.15) is 5.69 Å². The van der Waals surface area contributed by atoms with E-state index in [0.29, 0.717) is 55.0 Å². The van der Waals surface area contributed by atoms with Crippen LogP contribution in [0.5, 0.6) is 0 Å². The van der Waals surface area contributed by atoms with Crippen molar-refractivity contribution in [2.45, 2.75) is 13.3 Å². The number of anilines is 1. The van der Waals surface area contributed by atoms with Gasteiger partial charge in [-0.05, 0) is 37.3 Å². The number of nitrogens with zero attached hydrogens (tertiary/aromatic N) is 4. The predicted molar refractivity (Wildman–Crippen MR) is 137 cm³/mol. The summed E-state index contributed by atoms with van der Waals surface area (Å²) in [4.78, 5) is 17.5. The second-order valence-corrected chi connectivity index (χ2v) is 10.0. The van der Waals surface area contributed by atoms with E-state index in [1.54, 1.807) is 29.1 Å². The van der Waals surface area contributed by atoms with Crippen molar-refractivity contribution in [3.8, 4) is 5.69 Å². The summed E-state index contributed by atoms with van der Waals surface area (Å²) in [6.45, 7) is 5.90. The van der Waals surface area contributed by atoms with Crippen LogP contribution in [0.2, 0.25) is 25.1 Å². The molecule has 0 amide bonds. The fraction of sp³-hybridized carbons (Fsp3) is 0.304. The summed E-state index contributed by atoms with van der Waals surface area (Å²) < 4.78 is 1.59. The van der Waals surface area contributed by atoms with Gasteiger partial charge in [-0.1, -0.05) is 58.0 Å². The van der Waals surface area contributed by atoms with Crippen molar-refractivity contribution in [2.24, 2.45) is 0 Å². The van der Waals surface area contributed by atoms with E-state index in [9.17, 15) is 4.79 Å². The summed E-state index contributed by atoms with van der Waals surface area (Å²) in [5, 5.41) is 6.79. The van der Waals surface area contributed by atoms with Crippen molar-refractivity contribution in [3.63, 3.8) is 0 Å². The van der Waals surface area contributed by atoms with Gasteiger partial charge in [-0.25, -0.2) is 4.68 Å². The summed E-state index contributed by atoms with van der Waals surface area (Å²) in [5.74, 6) is 0.0315. The van der Waals surface area contributed by atoms with Crippen LogP contribution in [-0.4, -0.2) is 53.2 Å². The van der Waals surface area contributed by atoms with E-state index in [4.69, 9.17) is 58.0 Å². The van der Waals surface area contributed by atoms with Gasteiger partial charge >= 0.3 is 0 Å². The Morgan fingerprint density at radius 3 is 2.06 bits per heavy atom. The third kappa shape index (κ3) is 5.61. The Bertz CT molecular complexity index is 1140. The maximum atomic E-state index is 12.9. The molecule has 0 saturated carbocycles. The third-order valence-electron chi connectivity index (χ3n) is 5.74. The largest absolute Gasteiger partial charge is 0.369 e. The molecule has 0 unspecified atom stereocenters. The van der Waals surface area contributed by atoms with E-state index >= 15 is 0 Å². The van der Waals surface area contributed by atoms with Crippen LogP contribution in [0.1, 0.15) is 22.5 Å². The topological polar surface area (TPSA) is 41.4 Å². The summed E-state index contributed by atoms with van der Waals surface area (Å²) in [6, 6.07) is 8.78. The van der Waals surface area contributed by atoms with E-state index < -0.39 is 0 Å². The molecule has 1 aliphatic rings. The van der Waals surface area contributed by atoms with Crippen molar-refractivity contribution in [2.75, 3.05) is 37.6 Å². The molecule has 3 aromatic rings. The fourth-order valence-electron chi connectivity index (χ4n) is 3.99. The first-order valence-electron chi connectivity index (χ1n) is 10.4. The standard InChI is InChI=1S/C23H21Cl5N4O/c1-14-19(13-29-32(14)23-20(27)11-17(26)12-21(23)28)22(33)2-3-30-4-6-31(7-5-30)18-9-15(24)8-16(25)10-18/h8-13H,2-7H2,1H3. The monoisotopic (exact) mass is 544 g/mol. The molecule has 1 aromatic heterocycles. The molecular formula is C23H21Cl5N4O. The summed E-state index contributed by atoms with van der Waals surface area (Å²) in [5.41, 5.74) is 2.78. The number of carbonyl (C=O) groups is 1. The van der Waals surface area contributed by atoms with Crippen molar-refractivity contribution >= 4 is 69.5 Å². The van der Waals surface area contributed by atoms with Crippen LogP contribution in [0.3, 0.4) is 0 Å². The van der Waals surface area contributed by atoms with E-state index in [1.807, 2.05) is 19.1 Å². The number of hydrogen-bond acceptors (Lipinski definition) is 4. The molecule has 4 rings (SSSR count). The zero-order valence-electron chi connectivity index (χ0n) is 17.8. The minimum Gasteiger partial charge on any atom is -0.369 e. The molecule has 2 heterocycles. The Balaban J connectivity index is 1.37. The molecule has 1 fully saturated rings. The van der Waals surface area contributed by atoms with Crippen molar-refractivity contribution < 1.29 is 4.79 Å². The zero-order valence-corrected chi connectivity index (χ0v) is 21.6. The normalized spacial score (nSPS) is 14.7. The molecule has 0 bridgehead atoms. The highest BCUT2D eigenvalue weighted by atomic mass is 35.5. The van der Waals surface area contributed by atoms with Crippen molar-refractivity contribution in [3.05, 3.63) is 72.9 Å². The van der Waals surface area contributed by atoms with Gasteiger partial charge in [0.25, 0.3) is 0 Å². The second-order valence-electron chi connectivity index (χ2n) is 7.90. The van der Waals surface area contributed by atoms with Crippen LogP contribution < -0.4 is 4.90 Å². The summed E-state index contributed by atoms with van der Waals surface area (Å²) in [6.07, 6.45) is 1.97. The molecular weight excluding hydrogens is 526 g/mol. The number of rotatable bonds is 6. The van der Waals surface area contributed by atoms with Gasteiger partial charge in [-0.2, -0.15) is 5.10 Å². The summed E-state index contributed by atoms with van der Waals surface area (Å²) >= 11 is 30.9. The molecule has 174 valence electrons. The van der Waals surface area contributed by atoms with Crippen LogP contribution in [0.15, 0.2) is 36.5 Å². The Morgan fingerprint density at radius 2 is 1.45 bits per heavy atom. The lowest BCUT2D eigenvalue weighted by atomic mass is 10.1. The molecule has 10 heteroatoms. The predicted octanol–water partition coefficient (Wildman–Crippen LogP) is 6.84. The van der Waals surface area contributed by atoms with Crippen molar-refractivity contribution in [1.29, 1.82) is 0 Å². The average Bonchev–Trinajstić information content (AvgIpc) is 3.12. The first-order valence-corrected chi connectivity index (χ1v) is 12.3. The molecule has 1 saturated heterocycles. The number of benzene rings is 2. The van der Waals surface area contributed by atoms with Crippen LogP contribution >= 0.6 is 58.0 Å². The average molecular weight is 547 g/mol. The van der Waals surface area contributed by atoms with Gasteiger partial charge in [-0.3, -0.25) is 9.69 Å². The van der Waals surface area contributed by atoms with Crippen molar-refractivity contribution in [1.82, 2.24) is 14.7 Å². The SMILES string of the molecule is Cc1c(C(=O)CCN2CCN(c3cc(Cl)cc(Cl)c3)CC2)cnn1-c1c(Cl)cc(Cl)cc1Cl. The van der Waals surface area contributed by atoms with Gasteiger partial charge in [0.2, 0.25) is 0 Å². The number of carbonyl (C=O) groups excluding carboxylic acids is 1. The molecule has 0 N–H and O–H groups in total. The number of ketones is 1. The molecule has 1 aliphatic heterocycles. The third-order valence-corrected chi connectivity index (χ3v) is 6.97. The molecule has 0 radical (unpaired) electrons. The highest BCUT2D eigenvalue weighted by molar-refractivity contribution is 6.40. The number of Topliss-reactive ketones (excluding diaryl/α,β-unsaturated/α-hetero) is 1. The van der Waals surface area contributed by atoms with Gasteiger partial charge in [-0.15, -0.1) is 0 Å². The van der Waals surface area contributed by atoms with Gasteiger partial charge in [0.05, 0.1) is 27.5 Å². The number of piperazine rings is 1. The Morgan fingerprint density at radius 1 is 0.879 bits per heavy atom. The first kappa shape index (κ1) is 24.6. The van der Waals surface area contributed by atoms with Gasteiger partial charge in [0, 0.05) is 59.9 Å². The maximum Gasteiger partial charge on any atom is 0.167 e.